The number of nitrogens with one attached hydrogen (secondary N) is 1. The Kier molecular flexibility index (Phi) is 3.03. The van der Waals surface area contributed by atoms with Crippen LogP contribution in [0.15, 0.2) is 0 Å². The van der Waals surface area contributed by atoms with E-state index < -0.39 is 29.6 Å². The number of hydrogen-bond acceptors (Lipinski definition) is 4. The van der Waals surface area contributed by atoms with Crippen LogP contribution in [0.5, 0.6) is 0 Å². The number of carboxylic acids is 1. The van der Waals surface area contributed by atoms with Gasteiger partial charge in [-0.15, -0.1) is 0 Å². The molecule has 0 saturated carbocycles. The Morgan fingerprint density at radius 2 is 1.80 bits per heavy atom. The Balaban J connectivity index is 2.71. The van der Waals surface area contributed by atoms with E-state index in [9.17, 15) is 19.2 Å². The molecule has 0 radical (unpaired) electrons. The van der Waals surface area contributed by atoms with Crippen molar-refractivity contribution >= 4 is 23.7 Å². The summed E-state index contributed by atoms with van der Waals surface area (Å²) in [5.41, 5.74) is 0. The minimum absolute atomic E-state index is 0.276. The molecule has 1 atom stereocenters. The van der Waals surface area contributed by atoms with Gasteiger partial charge in [-0.3, -0.25) is 24.5 Å². The molecule has 1 heterocycles. The average molecular weight is 214 g/mol. The Labute approximate surface area is 85.0 Å². The molecule has 15 heavy (non-hydrogen) atoms. The van der Waals surface area contributed by atoms with Crippen molar-refractivity contribution in [3.63, 3.8) is 0 Å². The Morgan fingerprint density at radius 3 is 2.20 bits per heavy atom. The van der Waals surface area contributed by atoms with Gasteiger partial charge in [0.2, 0.25) is 17.7 Å². The van der Waals surface area contributed by atoms with Crippen LogP contribution in [0.4, 0.5) is 0 Å². The second kappa shape index (κ2) is 4.07. The lowest BCUT2D eigenvalue weighted by Crippen LogP contribution is -2.55. The predicted octanol–water partition coefficient (Wildman–Crippen LogP) is -1.81. The second-order valence-corrected chi connectivity index (χ2v) is 3.23. The van der Waals surface area contributed by atoms with Gasteiger partial charge in [0.1, 0.15) is 19.0 Å². The highest BCUT2D eigenvalue weighted by Crippen LogP contribution is 2.04. The van der Waals surface area contributed by atoms with Crippen LogP contribution in [0.2, 0.25) is 0 Å². The molecule has 1 unspecified atom stereocenters. The van der Waals surface area contributed by atoms with Crippen LogP contribution in [0.1, 0.15) is 6.92 Å². The van der Waals surface area contributed by atoms with Crippen LogP contribution in [0.25, 0.3) is 0 Å². The summed E-state index contributed by atoms with van der Waals surface area (Å²) < 4.78 is 0. The van der Waals surface area contributed by atoms with E-state index in [-0.39, 0.29) is 13.1 Å². The molecule has 0 bridgehead atoms. The van der Waals surface area contributed by atoms with Crippen LogP contribution >= 0.6 is 0 Å². The van der Waals surface area contributed by atoms with Gasteiger partial charge in [0.05, 0.1) is 0 Å². The second-order valence-electron chi connectivity index (χ2n) is 3.23. The summed E-state index contributed by atoms with van der Waals surface area (Å²) in [5, 5.41) is 10.6. The molecule has 0 aromatic rings. The van der Waals surface area contributed by atoms with E-state index >= 15 is 0 Å². The minimum Gasteiger partial charge on any atom is -0.481 e. The predicted molar refractivity (Wildman–Crippen MR) is 46.5 cm³/mol. The zero-order chi connectivity index (χ0) is 11.6. The molecule has 0 spiro atoms. The number of carbonyl (C=O) groups is 4. The van der Waals surface area contributed by atoms with E-state index in [1.807, 2.05) is 5.32 Å². The summed E-state index contributed by atoms with van der Waals surface area (Å²) in [6, 6.07) is 0. The molecule has 82 valence electrons. The monoisotopic (exact) mass is 214 g/mol. The smallest absolute Gasteiger partial charge is 0.315 e. The van der Waals surface area contributed by atoms with Gasteiger partial charge >= 0.3 is 5.97 Å². The molecule has 1 aliphatic rings. The third-order valence-corrected chi connectivity index (χ3v) is 2.00. The number of hydrogen-bond donors (Lipinski definition) is 2. The Bertz CT molecular complexity index is 322. The number of nitrogens with zero attached hydrogens (tertiary/aromatic N) is 1. The highest BCUT2D eigenvalue weighted by Gasteiger charge is 2.31. The molecule has 3 amide bonds. The van der Waals surface area contributed by atoms with Gasteiger partial charge in [-0.1, -0.05) is 0 Å². The fourth-order valence-electron chi connectivity index (χ4n) is 1.17. The Morgan fingerprint density at radius 1 is 1.33 bits per heavy atom. The molecule has 2 N–H and O–H groups in total. The first-order valence-electron chi connectivity index (χ1n) is 4.26. The van der Waals surface area contributed by atoms with E-state index in [0.29, 0.717) is 0 Å². The maximum absolute atomic E-state index is 11.4. The maximum atomic E-state index is 11.4. The normalized spacial score (nSPS) is 18.3. The number of carbonyl (C=O) groups excluding carboxylic acids is 3. The fraction of sp³-hybridized carbons (Fsp3) is 0.500. The molecule has 7 heteroatoms. The van der Waals surface area contributed by atoms with Crippen LogP contribution in [-0.2, 0) is 19.2 Å². The molecule has 0 aliphatic carbocycles. The number of carboxylic acid groups (broad SMARTS) is 1. The van der Waals surface area contributed by atoms with E-state index in [1.54, 1.807) is 0 Å². The van der Waals surface area contributed by atoms with Crippen LogP contribution in [0.3, 0.4) is 0 Å². The molecule has 0 aromatic carbocycles. The summed E-state index contributed by atoms with van der Waals surface area (Å²) in [6.07, 6.45) is 0. The number of aliphatic carboxylic acids is 1. The summed E-state index contributed by atoms with van der Waals surface area (Å²) >= 11 is 0. The molecule has 1 rings (SSSR count). The summed E-state index contributed by atoms with van der Waals surface area (Å²) in [4.78, 5) is 44.7. The Hall–Kier alpha value is -1.92. The lowest BCUT2D eigenvalue weighted by Gasteiger charge is -2.26. The first-order valence-corrected chi connectivity index (χ1v) is 4.26. The molecule has 7 nitrogen and oxygen atoms in total. The third kappa shape index (κ3) is 2.52. The van der Waals surface area contributed by atoms with Gasteiger partial charge in [0, 0.05) is 0 Å². The minimum atomic E-state index is -1.28. The van der Waals surface area contributed by atoms with Crippen molar-refractivity contribution in [3.05, 3.63) is 0 Å². The summed E-state index contributed by atoms with van der Waals surface area (Å²) in [5.74, 6) is -4.46. The van der Waals surface area contributed by atoms with Gasteiger partial charge in [0.25, 0.3) is 0 Å². The number of rotatable bonds is 2. The third-order valence-electron chi connectivity index (χ3n) is 2.00. The maximum Gasteiger partial charge on any atom is 0.315 e. The molecule has 1 aliphatic heterocycles. The molecule has 0 aromatic heterocycles. The van der Waals surface area contributed by atoms with Crippen molar-refractivity contribution in [1.29, 1.82) is 0 Å². The fourth-order valence-corrected chi connectivity index (χ4v) is 1.17. The first kappa shape index (κ1) is 11.2. The van der Waals surface area contributed by atoms with Gasteiger partial charge in [-0.05, 0) is 6.92 Å². The standard InChI is InChI=1S/C8H10N2O5/c1-4(8(14)15)7(13)10-2-5(11)9-6(12)3-10/h4H,2-3H2,1H3,(H,14,15)(H,9,11,12). The topological polar surface area (TPSA) is 104 Å². The van der Waals surface area contributed by atoms with Crippen molar-refractivity contribution in [2.24, 2.45) is 5.92 Å². The van der Waals surface area contributed by atoms with E-state index in [4.69, 9.17) is 5.11 Å². The zero-order valence-corrected chi connectivity index (χ0v) is 8.02. The summed E-state index contributed by atoms with van der Waals surface area (Å²) in [7, 11) is 0. The highest BCUT2D eigenvalue weighted by atomic mass is 16.4. The SMILES string of the molecule is CC(C(=O)O)C(=O)N1CC(=O)NC(=O)C1. The van der Waals surface area contributed by atoms with E-state index in [2.05, 4.69) is 0 Å². The highest BCUT2D eigenvalue weighted by molar-refractivity contribution is 6.05. The first-order chi connectivity index (χ1) is 6.91. The van der Waals surface area contributed by atoms with Gasteiger partial charge in [-0.2, -0.15) is 0 Å². The van der Waals surface area contributed by atoms with Crippen LogP contribution < -0.4 is 5.32 Å². The zero-order valence-electron chi connectivity index (χ0n) is 8.02. The van der Waals surface area contributed by atoms with Crippen LogP contribution in [-0.4, -0.2) is 46.8 Å². The molecule has 1 saturated heterocycles. The van der Waals surface area contributed by atoms with Gasteiger partial charge < -0.3 is 10.0 Å². The number of amides is 3. The number of imide groups is 1. The van der Waals surface area contributed by atoms with Crippen molar-refractivity contribution in [2.45, 2.75) is 6.92 Å². The van der Waals surface area contributed by atoms with Crippen molar-refractivity contribution < 1.29 is 24.3 Å². The van der Waals surface area contributed by atoms with Crippen molar-refractivity contribution in [2.75, 3.05) is 13.1 Å². The van der Waals surface area contributed by atoms with Crippen molar-refractivity contribution in [1.82, 2.24) is 10.2 Å². The largest absolute Gasteiger partial charge is 0.481 e. The number of piperazine rings is 1. The van der Waals surface area contributed by atoms with Gasteiger partial charge in [-0.25, -0.2) is 0 Å². The quantitative estimate of drug-likeness (QED) is 0.416. The average Bonchev–Trinajstić information content (AvgIpc) is 2.13. The van der Waals surface area contributed by atoms with E-state index in [1.165, 1.54) is 6.92 Å². The summed E-state index contributed by atoms with van der Waals surface area (Å²) in [6.45, 7) is 0.659. The lowest BCUT2D eigenvalue weighted by atomic mass is 10.1. The van der Waals surface area contributed by atoms with Crippen molar-refractivity contribution in [3.8, 4) is 0 Å². The molecular weight excluding hydrogens is 204 g/mol. The van der Waals surface area contributed by atoms with E-state index in [0.717, 1.165) is 4.90 Å². The molecular formula is C8H10N2O5. The molecule has 1 fully saturated rings. The van der Waals surface area contributed by atoms with Gasteiger partial charge in [0.15, 0.2) is 0 Å². The lowest BCUT2D eigenvalue weighted by molar-refractivity contribution is -0.155. The van der Waals surface area contributed by atoms with Crippen LogP contribution in [0, 0.1) is 5.92 Å².